The highest BCUT2D eigenvalue weighted by molar-refractivity contribution is 6.51. The second-order valence-corrected chi connectivity index (χ2v) is 8.59. The van der Waals surface area contributed by atoms with Gasteiger partial charge in [0.1, 0.15) is 23.4 Å². The average molecular weight is 461 g/mol. The van der Waals surface area contributed by atoms with Crippen LogP contribution in [0.4, 0.5) is 10.1 Å². The van der Waals surface area contributed by atoms with Gasteiger partial charge in [-0.05, 0) is 66.9 Å². The largest absolute Gasteiger partial charge is 0.507 e. The van der Waals surface area contributed by atoms with E-state index < -0.39 is 23.5 Å². The molecule has 6 nitrogen and oxygen atoms in total. The molecule has 1 amide bonds. The van der Waals surface area contributed by atoms with E-state index in [0.717, 1.165) is 5.56 Å². The number of aryl methyl sites for hydroxylation is 1. The number of ketones is 1. The number of hydrogen-bond acceptors (Lipinski definition) is 5. The Bertz CT molecular complexity index is 1270. The van der Waals surface area contributed by atoms with Gasteiger partial charge in [0.2, 0.25) is 0 Å². The summed E-state index contributed by atoms with van der Waals surface area (Å²) in [6.07, 6.45) is 1.53. The minimum Gasteiger partial charge on any atom is -0.507 e. The van der Waals surface area contributed by atoms with Crippen molar-refractivity contribution >= 4 is 23.1 Å². The topological polar surface area (TPSA) is 79.7 Å². The van der Waals surface area contributed by atoms with Gasteiger partial charge in [-0.3, -0.25) is 19.5 Å². The van der Waals surface area contributed by atoms with Crippen LogP contribution in [-0.2, 0) is 9.59 Å². The SMILES string of the molecule is Cc1cc(/C(O)=C2\C(=O)C(=O)N(c3cccc(F)c3)C2c2ccccn2)ccc1OCC(C)C. The van der Waals surface area contributed by atoms with E-state index >= 15 is 0 Å². The Labute approximate surface area is 197 Å². The van der Waals surface area contributed by atoms with Gasteiger partial charge in [-0.25, -0.2) is 4.39 Å². The van der Waals surface area contributed by atoms with Crippen molar-refractivity contribution in [3.8, 4) is 5.75 Å². The first-order valence-corrected chi connectivity index (χ1v) is 11.0. The fourth-order valence-corrected chi connectivity index (χ4v) is 3.91. The predicted molar refractivity (Wildman–Crippen MR) is 127 cm³/mol. The zero-order valence-corrected chi connectivity index (χ0v) is 19.2. The Morgan fingerprint density at radius 3 is 2.56 bits per heavy atom. The minimum absolute atomic E-state index is 0.108. The second-order valence-electron chi connectivity index (χ2n) is 8.59. The highest BCUT2D eigenvalue weighted by Gasteiger charge is 2.47. The molecule has 0 bridgehead atoms. The van der Waals surface area contributed by atoms with Crippen molar-refractivity contribution in [3.05, 3.63) is 95.1 Å². The van der Waals surface area contributed by atoms with Crippen LogP contribution < -0.4 is 9.64 Å². The molecule has 34 heavy (non-hydrogen) atoms. The van der Waals surface area contributed by atoms with Gasteiger partial charge in [0.15, 0.2) is 0 Å². The number of nitrogens with zero attached hydrogens (tertiary/aromatic N) is 2. The monoisotopic (exact) mass is 460 g/mol. The highest BCUT2D eigenvalue weighted by Crippen LogP contribution is 2.41. The lowest BCUT2D eigenvalue weighted by molar-refractivity contribution is -0.132. The van der Waals surface area contributed by atoms with E-state index in [1.165, 1.54) is 35.4 Å². The van der Waals surface area contributed by atoms with Crippen molar-refractivity contribution in [2.75, 3.05) is 11.5 Å². The van der Waals surface area contributed by atoms with E-state index in [-0.39, 0.29) is 17.0 Å². The van der Waals surface area contributed by atoms with Crippen molar-refractivity contribution in [1.29, 1.82) is 0 Å². The number of carbonyl (C=O) groups excluding carboxylic acids is 2. The van der Waals surface area contributed by atoms with Gasteiger partial charge >= 0.3 is 0 Å². The molecule has 1 N–H and O–H groups in total. The highest BCUT2D eigenvalue weighted by atomic mass is 19.1. The molecule has 1 unspecified atom stereocenters. The first-order chi connectivity index (χ1) is 16.3. The third kappa shape index (κ3) is 4.41. The normalized spacial score (nSPS) is 17.4. The number of carbonyl (C=O) groups is 2. The van der Waals surface area contributed by atoms with E-state index in [1.807, 2.05) is 20.8 Å². The number of hydrogen-bond donors (Lipinski definition) is 1. The molecule has 1 atom stereocenters. The van der Waals surface area contributed by atoms with E-state index in [0.29, 0.717) is 29.5 Å². The van der Waals surface area contributed by atoms with Crippen LogP contribution in [0, 0.1) is 18.7 Å². The molecule has 174 valence electrons. The Balaban J connectivity index is 1.84. The Morgan fingerprint density at radius 1 is 1.12 bits per heavy atom. The molecule has 1 fully saturated rings. The van der Waals surface area contributed by atoms with Crippen LogP contribution in [0.25, 0.3) is 5.76 Å². The lowest BCUT2D eigenvalue weighted by Crippen LogP contribution is -2.29. The van der Waals surface area contributed by atoms with Crippen molar-refractivity contribution in [1.82, 2.24) is 4.98 Å². The quantitative estimate of drug-likeness (QED) is 0.311. The second kappa shape index (κ2) is 9.47. The number of aliphatic hydroxyl groups excluding tert-OH is 1. The standard InChI is InChI=1S/C27H25FN2O4/c1-16(2)15-34-22-11-10-18(13-17(22)3)25(31)23-24(21-9-4-5-12-29-21)30(27(33)26(23)32)20-8-6-7-19(28)14-20/h4-14,16,24,31H,15H2,1-3H3/b25-23+. The first kappa shape index (κ1) is 23.2. The molecular weight excluding hydrogens is 435 g/mol. The number of halogens is 1. The molecule has 2 aromatic carbocycles. The van der Waals surface area contributed by atoms with Crippen molar-refractivity contribution in [3.63, 3.8) is 0 Å². The maximum absolute atomic E-state index is 14.0. The third-order valence-electron chi connectivity index (χ3n) is 5.52. The van der Waals surface area contributed by atoms with Crippen molar-refractivity contribution in [2.24, 2.45) is 5.92 Å². The number of pyridine rings is 1. The van der Waals surface area contributed by atoms with Crippen LogP contribution in [-0.4, -0.2) is 28.4 Å². The molecule has 0 aliphatic carbocycles. The van der Waals surface area contributed by atoms with Crippen molar-refractivity contribution in [2.45, 2.75) is 26.8 Å². The number of aliphatic hydroxyl groups is 1. The van der Waals surface area contributed by atoms with Gasteiger partial charge in [-0.1, -0.05) is 26.0 Å². The molecule has 0 spiro atoms. The van der Waals surface area contributed by atoms with E-state index in [9.17, 15) is 19.1 Å². The summed E-state index contributed by atoms with van der Waals surface area (Å²) < 4.78 is 19.8. The summed E-state index contributed by atoms with van der Waals surface area (Å²) in [6, 6.07) is 14.6. The summed E-state index contributed by atoms with van der Waals surface area (Å²) in [7, 11) is 0. The summed E-state index contributed by atoms with van der Waals surface area (Å²) in [6.45, 7) is 6.48. The van der Waals surface area contributed by atoms with E-state index in [2.05, 4.69) is 4.98 Å². The molecule has 0 saturated carbocycles. The summed E-state index contributed by atoms with van der Waals surface area (Å²) >= 11 is 0. The number of ether oxygens (including phenoxy) is 1. The number of anilines is 1. The van der Waals surface area contributed by atoms with Crippen LogP contribution in [0.2, 0.25) is 0 Å². The lowest BCUT2D eigenvalue weighted by atomic mass is 9.97. The molecule has 3 aromatic rings. The fraction of sp³-hybridized carbons (Fsp3) is 0.222. The van der Waals surface area contributed by atoms with Crippen LogP contribution in [0.15, 0.2) is 72.4 Å². The van der Waals surface area contributed by atoms with Crippen LogP contribution in [0.1, 0.15) is 36.7 Å². The molecule has 1 aliphatic rings. The first-order valence-electron chi connectivity index (χ1n) is 11.0. The molecule has 0 radical (unpaired) electrons. The molecule has 7 heteroatoms. The Hall–Kier alpha value is -4.00. The van der Waals surface area contributed by atoms with Gasteiger partial charge < -0.3 is 9.84 Å². The Morgan fingerprint density at radius 2 is 1.91 bits per heavy atom. The molecule has 1 saturated heterocycles. The maximum atomic E-state index is 14.0. The zero-order valence-electron chi connectivity index (χ0n) is 19.2. The number of Topliss-reactive ketones (excluding diaryl/α,β-unsaturated/α-hetero) is 1. The van der Waals surface area contributed by atoms with E-state index in [1.54, 1.807) is 36.4 Å². The van der Waals surface area contributed by atoms with E-state index in [4.69, 9.17) is 4.74 Å². The minimum atomic E-state index is -1.01. The molecule has 4 rings (SSSR count). The lowest BCUT2D eigenvalue weighted by Gasteiger charge is -2.24. The van der Waals surface area contributed by atoms with Gasteiger partial charge in [0, 0.05) is 17.4 Å². The average Bonchev–Trinajstić information content (AvgIpc) is 3.08. The van der Waals surface area contributed by atoms with Gasteiger partial charge in [-0.2, -0.15) is 0 Å². The summed E-state index contributed by atoms with van der Waals surface area (Å²) in [5, 5.41) is 11.2. The Kier molecular flexibility index (Phi) is 6.45. The van der Waals surface area contributed by atoms with Crippen molar-refractivity contribution < 1.29 is 23.8 Å². The molecule has 2 heterocycles. The van der Waals surface area contributed by atoms with Crippen LogP contribution in [0.3, 0.4) is 0 Å². The van der Waals surface area contributed by atoms with Gasteiger partial charge in [0.05, 0.1) is 17.9 Å². The summed E-state index contributed by atoms with van der Waals surface area (Å²) in [4.78, 5) is 31.7. The fourth-order valence-electron chi connectivity index (χ4n) is 3.91. The molecule has 1 aromatic heterocycles. The predicted octanol–water partition coefficient (Wildman–Crippen LogP) is 5.19. The van der Waals surface area contributed by atoms with Gasteiger partial charge in [0.25, 0.3) is 11.7 Å². The number of amides is 1. The maximum Gasteiger partial charge on any atom is 0.300 e. The number of rotatable bonds is 6. The number of benzene rings is 2. The zero-order chi connectivity index (χ0) is 24.4. The molecular formula is C27H25FN2O4. The summed E-state index contributed by atoms with van der Waals surface area (Å²) in [5.74, 6) is -1.58. The van der Waals surface area contributed by atoms with Crippen LogP contribution >= 0.6 is 0 Å². The smallest absolute Gasteiger partial charge is 0.300 e. The van der Waals surface area contributed by atoms with Crippen LogP contribution in [0.5, 0.6) is 5.75 Å². The summed E-state index contributed by atoms with van der Waals surface area (Å²) in [5.41, 5.74) is 1.61. The number of aromatic nitrogens is 1. The third-order valence-corrected chi connectivity index (χ3v) is 5.52. The molecule has 1 aliphatic heterocycles. The van der Waals surface area contributed by atoms with Gasteiger partial charge in [-0.15, -0.1) is 0 Å².